The molecule has 4 heteroatoms. The fraction of sp³-hybridized carbons (Fsp3) is 0.529. The monoisotopic (exact) mass is 294 g/mol. The Balaban J connectivity index is 4.81. The summed E-state index contributed by atoms with van der Waals surface area (Å²) in [6.45, 7) is 12.0. The maximum atomic E-state index is 11.8. The maximum absolute atomic E-state index is 11.8. The fourth-order valence-corrected chi connectivity index (χ4v) is 1.85. The van der Waals surface area contributed by atoms with Crippen LogP contribution in [0.5, 0.6) is 0 Å². The van der Waals surface area contributed by atoms with E-state index >= 15 is 0 Å². The highest BCUT2D eigenvalue weighted by Gasteiger charge is 2.19. The van der Waals surface area contributed by atoms with Gasteiger partial charge in [-0.05, 0) is 39.8 Å². The van der Waals surface area contributed by atoms with Crippen molar-refractivity contribution in [2.75, 3.05) is 0 Å². The average molecular weight is 294 g/mol. The van der Waals surface area contributed by atoms with Gasteiger partial charge in [-0.1, -0.05) is 17.2 Å². The average Bonchev–Trinajstić information content (AvgIpc) is 2.25. The molecule has 0 rings (SSSR count). The number of carbonyl (C=O) groups excluding carboxylic acids is 2. The standard InChI is InChI=1S/C17H26O4/c1-7-17(6,20)11-15(19)9-13(4)10-16(8-12(2)3)21-14(5)18/h7-9,16,20H,1,10-11H2,2-6H3/b13-9+/t16-,17+/m1/s1. The highest BCUT2D eigenvalue weighted by atomic mass is 16.5. The number of ketones is 1. The van der Waals surface area contributed by atoms with Crippen LogP contribution < -0.4 is 0 Å². The number of rotatable bonds is 8. The third-order valence-electron chi connectivity index (χ3n) is 2.74. The summed E-state index contributed by atoms with van der Waals surface area (Å²) in [5, 5.41) is 9.78. The number of carbonyl (C=O) groups is 2. The van der Waals surface area contributed by atoms with Gasteiger partial charge in [-0.2, -0.15) is 0 Å². The Morgan fingerprint density at radius 1 is 1.29 bits per heavy atom. The SMILES string of the molecule is C=C[C@](C)(O)CC(=O)/C=C(\C)C[C@@H](C=C(C)C)OC(C)=O. The lowest BCUT2D eigenvalue weighted by Crippen LogP contribution is -2.24. The molecule has 2 atom stereocenters. The van der Waals surface area contributed by atoms with Crippen LogP contribution in [0.15, 0.2) is 36.0 Å². The van der Waals surface area contributed by atoms with Crippen LogP contribution in [0.25, 0.3) is 0 Å². The van der Waals surface area contributed by atoms with Crippen molar-refractivity contribution in [2.24, 2.45) is 0 Å². The van der Waals surface area contributed by atoms with Gasteiger partial charge in [0.25, 0.3) is 0 Å². The molecule has 0 heterocycles. The van der Waals surface area contributed by atoms with E-state index in [0.717, 1.165) is 11.1 Å². The minimum atomic E-state index is -1.21. The van der Waals surface area contributed by atoms with Gasteiger partial charge in [0.2, 0.25) is 0 Å². The molecule has 0 spiro atoms. The molecule has 0 aliphatic heterocycles. The van der Waals surface area contributed by atoms with Crippen molar-refractivity contribution in [3.8, 4) is 0 Å². The fourth-order valence-electron chi connectivity index (χ4n) is 1.85. The molecule has 0 bridgehead atoms. The molecule has 21 heavy (non-hydrogen) atoms. The van der Waals surface area contributed by atoms with Gasteiger partial charge in [0, 0.05) is 19.8 Å². The van der Waals surface area contributed by atoms with E-state index in [1.807, 2.05) is 19.9 Å². The molecule has 0 fully saturated rings. The summed E-state index contributed by atoms with van der Waals surface area (Å²) >= 11 is 0. The molecule has 118 valence electrons. The van der Waals surface area contributed by atoms with Crippen LogP contribution >= 0.6 is 0 Å². The normalized spacial score (nSPS) is 15.6. The van der Waals surface area contributed by atoms with Crippen LogP contribution in [0, 0.1) is 0 Å². The first-order chi connectivity index (χ1) is 9.55. The number of allylic oxidation sites excluding steroid dienone is 2. The molecule has 0 radical (unpaired) electrons. The lowest BCUT2D eigenvalue weighted by atomic mass is 9.97. The first-order valence-electron chi connectivity index (χ1n) is 6.94. The summed E-state index contributed by atoms with van der Waals surface area (Å²) in [5.74, 6) is -0.539. The number of hydrogen-bond acceptors (Lipinski definition) is 4. The summed E-state index contributed by atoms with van der Waals surface area (Å²) in [6.07, 6.45) is 4.73. The van der Waals surface area contributed by atoms with E-state index in [4.69, 9.17) is 4.74 Å². The maximum Gasteiger partial charge on any atom is 0.303 e. The molecule has 0 unspecified atom stereocenters. The highest BCUT2D eigenvalue weighted by molar-refractivity contribution is 5.91. The topological polar surface area (TPSA) is 63.6 Å². The molecule has 0 saturated carbocycles. The molecular formula is C17H26O4. The van der Waals surface area contributed by atoms with Gasteiger partial charge in [-0.25, -0.2) is 0 Å². The molecule has 0 aromatic rings. The largest absolute Gasteiger partial charge is 0.458 e. The quantitative estimate of drug-likeness (QED) is 0.424. The summed E-state index contributed by atoms with van der Waals surface area (Å²) in [6, 6.07) is 0. The molecule has 0 aromatic heterocycles. The number of hydrogen-bond donors (Lipinski definition) is 1. The van der Waals surface area contributed by atoms with E-state index in [-0.39, 0.29) is 24.3 Å². The Bertz CT molecular complexity index is 451. The van der Waals surface area contributed by atoms with Crippen molar-refractivity contribution in [3.63, 3.8) is 0 Å². The van der Waals surface area contributed by atoms with E-state index in [1.165, 1.54) is 26.0 Å². The second kappa shape index (κ2) is 8.57. The molecular weight excluding hydrogens is 268 g/mol. The van der Waals surface area contributed by atoms with Gasteiger partial charge in [0.05, 0.1) is 5.60 Å². The molecule has 0 aromatic carbocycles. The Morgan fingerprint density at radius 3 is 2.29 bits per heavy atom. The van der Waals surface area contributed by atoms with Gasteiger partial charge in [-0.15, -0.1) is 6.58 Å². The Kier molecular flexibility index (Phi) is 7.89. The lowest BCUT2D eigenvalue weighted by Gasteiger charge is -2.17. The van der Waals surface area contributed by atoms with Gasteiger partial charge >= 0.3 is 5.97 Å². The summed E-state index contributed by atoms with van der Waals surface area (Å²) in [4.78, 5) is 22.9. The summed E-state index contributed by atoms with van der Waals surface area (Å²) in [7, 11) is 0. The Hall–Kier alpha value is -1.68. The van der Waals surface area contributed by atoms with Crippen molar-refractivity contribution in [1.82, 2.24) is 0 Å². The van der Waals surface area contributed by atoms with Crippen LogP contribution in [-0.2, 0) is 14.3 Å². The second-order valence-electron chi connectivity index (χ2n) is 5.79. The van der Waals surface area contributed by atoms with Gasteiger partial charge in [0.15, 0.2) is 5.78 Å². The highest BCUT2D eigenvalue weighted by Crippen LogP contribution is 2.15. The van der Waals surface area contributed by atoms with E-state index in [0.29, 0.717) is 6.42 Å². The zero-order valence-electron chi connectivity index (χ0n) is 13.6. The third kappa shape index (κ3) is 9.79. The van der Waals surface area contributed by atoms with Crippen LogP contribution in [-0.4, -0.2) is 28.6 Å². The first kappa shape index (κ1) is 19.3. The van der Waals surface area contributed by atoms with Crippen LogP contribution in [0.4, 0.5) is 0 Å². The molecule has 1 N–H and O–H groups in total. The number of ether oxygens (including phenoxy) is 1. The smallest absolute Gasteiger partial charge is 0.303 e. The van der Waals surface area contributed by atoms with Crippen molar-refractivity contribution in [3.05, 3.63) is 36.0 Å². The first-order valence-corrected chi connectivity index (χ1v) is 6.94. The second-order valence-corrected chi connectivity index (χ2v) is 5.79. The molecule has 0 aliphatic carbocycles. The Labute approximate surface area is 127 Å². The van der Waals surface area contributed by atoms with Crippen molar-refractivity contribution in [1.29, 1.82) is 0 Å². The number of esters is 1. The van der Waals surface area contributed by atoms with E-state index in [2.05, 4.69) is 6.58 Å². The van der Waals surface area contributed by atoms with E-state index in [1.54, 1.807) is 6.92 Å². The molecule has 4 nitrogen and oxygen atoms in total. The van der Waals surface area contributed by atoms with Crippen molar-refractivity contribution in [2.45, 2.75) is 59.2 Å². The summed E-state index contributed by atoms with van der Waals surface area (Å²) < 4.78 is 5.20. The van der Waals surface area contributed by atoms with Crippen LogP contribution in [0.1, 0.15) is 47.5 Å². The van der Waals surface area contributed by atoms with Crippen molar-refractivity contribution >= 4 is 11.8 Å². The van der Waals surface area contributed by atoms with E-state index in [9.17, 15) is 14.7 Å². The Morgan fingerprint density at radius 2 is 1.86 bits per heavy atom. The lowest BCUT2D eigenvalue weighted by molar-refractivity contribution is -0.144. The van der Waals surface area contributed by atoms with Crippen LogP contribution in [0.2, 0.25) is 0 Å². The molecule has 0 saturated heterocycles. The van der Waals surface area contributed by atoms with Crippen molar-refractivity contribution < 1.29 is 19.4 Å². The zero-order chi connectivity index (χ0) is 16.6. The zero-order valence-corrected chi connectivity index (χ0v) is 13.6. The van der Waals surface area contributed by atoms with Gasteiger partial charge in [0.1, 0.15) is 6.10 Å². The minimum absolute atomic E-state index is 0.0191. The molecule has 0 aliphatic rings. The van der Waals surface area contributed by atoms with Gasteiger partial charge in [-0.3, -0.25) is 9.59 Å². The minimum Gasteiger partial charge on any atom is -0.458 e. The van der Waals surface area contributed by atoms with Gasteiger partial charge < -0.3 is 9.84 Å². The van der Waals surface area contributed by atoms with Crippen LogP contribution in [0.3, 0.4) is 0 Å². The van der Waals surface area contributed by atoms with E-state index < -0.39 is 5.60 Å². The summed E-state index contributed by atoms with van der Waals surface area (Å²) in [5.41, 5.74) is 0.627. The number of aliphatic hydroxyl groups is 1. The third-order valence-corrected chi connectivity index (χ3v) is 2.74. The predicted octanol–water partition coefficient (Wildman–Crippen LogP) is 3.12. The molecule has 0 amide bonds. The predicted molar refractivity (Wildman–Crippen MR) is 83.8 cm³/mol.